The molecule has 2 unspecified atom stereocenters. The Labute approximate surface area is 124 Å². The summed E-state index contributed by atoms with van der Waals surface area (Å²) in [6.45, 7) is 4.11. The van der Waals surface area contributed by atoms with Crippen molar-refractivity contribution in [2.75, 3.05) is 25.0 Å². The molecule has 2 atom stereocenters. The molecule has 1 aromatic rings. The van der Waals surface area contributed by atoms with Crippen molar-refractivity contribution in [1.29, 1.82) is 0 Å². The molecule has 0 spiro atoms. The smallest absolute Gasteiger partial charge is 0.238 e. The van der Waals surface area contributed by atoms with E-state index in [1.165, 1.54) is 25.0 Å². The lowest BCUT2D eigenvalue weighted by Gasteiger charge is -2.23. The molecule has 2 N–H and O–H groups in total. The maximum atomic E-state index is 13.2. The molecule has 2 aliphatic heterocycles. The molecule has 2 saturated heterocycles. The average Bonchev–Trinajstić information content (AvgIpc) is 2.77. The number of hydrogen-bond acceptors (Lipinski definition) is 3. The molecule has 2 fully saturated rings. The van der Waals surface area contributed by atoms with E-state index in [0.717, 1.165) is 25.1 Å². The highest BCUT2D eigenvalue weighted by Gasteiger charge is 2.29. The second-order valence-corrected chi connectivity index (χ2v) is 6.17. The number of carbonyl (C=O) groups is 1. The highest BCUT2D eigenvalue weighted by Crippen LogP contribution is 2.20. The molecule has 3 rings (SSSR count). The summed E-state index contributed by atoms with van der Waals surface area (Å²) in [6, 6.07) is 5.59. The Morgan fingerprint density at radius 2 is 2.19 bits per heavy atom. The van der Waals surface area contributed by atoms with Crippen LogP contribution in [0.1, 0.15) is 24.8 Å². The highest BCUT2D eigenvalue weighted by molar-refractivity contribution is 5.92. The van der Waals surface area contributed by atoms with E-state index in [4.69, 9.17) is 0 Å². The number of benzene rings is 1. The van der Waals surface area contributed by atoms with E-state index < -0.39 is 0 Å². The van der Waals surface area contributed by atoms with E-state index in [1.807, 2.05) is 6.92 Å². The third-order valence-corrected chi connectivity index (χ3v) is 4.45. The van der Waals surface area contributed by atoms with Gasteiger partial charge in [0.15, 0.2) is 0 Å². The molecule has 0 radical (unpaired) electrons. The van der Waals surface area contributed by atoms with Crippen LogP contribution in [0.15, 0.2) is 18.2 Å². The number of likely N-dealkylation sites (tertiary alicyclic amines) is 1. The number of halogens is 1. The number of nitrogens with zero attached hydrogens (tertiary/aromatic N) is 1. The normalized spacial score (nSPS) is 25.6. The van der Waals surface area contributed by atoms with Crippen LogP contribution in [0.4, 0.5) is 10.1 Å². The molecule has 2 aliphatic rings. The number of amides is 1. The Hall–Kier alpha value is -1.46. The van der Waals surface area contributed by atoms with Crippen molar-refractivity contribution in [2.45, 2.75) is 38.3 Å². The van der Waals surface area contributed by atoms with Gasteiger partial charge >= 0.3 is 0 Å². The standard InChI is InChI=1S/C16H22FN3O/c1-11-2-3-12(17)8-15(11)19-16(21)10-20-7-6-13-4-5-14(9-20)18-13/h2-3,8,13-14,18H,4-7,9-10H2,1H3,(H,19,21). The van der Waals surface area contributed by atoms with Crippen molar-refractivity contribution in [3.8, 4) is 0 Å². The third-order valence-electron chi connectivity index (χ3n) is 4.45. The number of fused-ring (bicyclic) bond motifs is 2. The zero-order chi connectivity index (χ0) is 14.8. The van der Waals surface area contributed by atoms with Crippen LogP contribution in [0, 0.1) is 12.7 Å². The second-order valence-electron chi connectivity index (χ2n) is 6.17. The number of aryl methyl sites for hydroxylation is 1. The summed E-state index contributed by atoms with van der Waals surface area (Å²) in [7, 11) is 0. The molecule has 4 nitrogen and oxygen atoms in total. The predicted octanol–water partition coefficient (Wildman–Crippen LogP) is 1.90. The highest BCUT2D eigenvalue weighted by atomic mass is 19.1. The Balaban J connectivity index is 1.57. The maximum absolute atomic E-state index is 13.2. The first kappa shape index (κ1) is 14.5. The summed E-state index contributed by atoms with van der Waals surface area (Å²) in [6.07, 6.45) is 3.56. The molecular formula is C16H22FN3O. The topological polar surface area (TPSA) is 44.4 Å². The summed E-state index contributed by atoms with van der Waals surface area (Å²) < 4.78 is 13.2. The average molecular weight is 291 g/mol. The molecule has 114 valence electrons. The van der Waals surface area contributed by atoms with Gasteiger partial charge in [0.05, 0.1) is 6.54 Å². The van der Waals surface area contributed by atoms with Gasteiger partial charge in [0.1, 0.15) is 5.82 Å². The summed E-state index contributed by atoms with van der Waals surface area (Å²) in [5.74, 6) is -0.395. The summed E-state index contributed by atoms with van der Waals surface area (Å²) in [5.41, 5.74) is 1.44. The second kappa shape index (κ2) is 6.12. The first-order valence-electron chi connectivity index (χ1n) is 7.64. The molecule has 2 bridgehead atoms. The van der Waals surface area contributed by atoms with Crippen LogP contribution >= 0.6 is 0 Å². The zero-order valence-corrected chi connectivity index (χ0v) is 12.4. The fraction of sp³-hybridized carbons (Fsp3) is 0.562. The Kier molecular flexibility index (Phi) is 4.22. The molecule has 5 heteroatoms. The van der Waals surface area contributed by atoms with E-state index in [9.17, 15) is 9.18 Å². The van der Waals surface area contributed by atoms with Gasteiger partial charge in [0.25, 0.3) is 0 Å². The lowest BCUT2D eigenvalue weighted by molar-refractivity contribution is -0.117. The van der Waals surface area contributed by atoms with E-state index in [1.54, 1.807) is 6.07 Å². The van der Waals surface area contributed by atoms with Gasteiger partial charge in [0, 0.05) is 30.9 Å². The number of carbonyl (C=O) groups excluding carboxylic acids is 1. The van der Waals surface area contributed by atoms with Crippen LogP contribution in [0.5, 0.6) is 0 Å². The van der Waals surface area contributed by atoms with Gasteiger partial charge in [-0.1, -0.05) is 6.07 Å². The number of rotatable bonds is 3. The van der Waals surface area contributed by atoms with E-state index in [0.29, 0.717) is 24.3 Å². The minimum atomic E-state index is -0.327. The first-order valence-corrected chi connectivity index (χ1v) is 7.64. The fourth-order valence-electron chi connectivity index (χ4n) is 3.28. The van der Waals surface area contributed by atoms with Gasteiger partial charge < -0.3 is 10.6 Å². The Morgan fingerprint density at radius 3 is 3.05 bits per heavy atom. The zero-order valence-electron chi connectivity index (χ0n) is 12.4. The number of hydrogen-bond donors (Lipinski definition) is 2. The van der Waals surface area contributed by atoms with Crippen molar-refractivity contribution < 1.29 is 9.18 Å². The molecule has 1 aromatic carbocycles. The van der Waals surface area contributed by atoms with Gasteiger partial charge in [-0.25, -0.2) is 4.39 Å². The van der Waals surface area contributed by atoms with Gasteiger partial charge in [-0.15, -0.1) is 0 Å². The minimum Gasteiger partial charge on any atom is -0.325 e. The predicted molar refractivity (Wildman–Crippen MR) is 80.8 cm³/mol. The van der Waals surface area contributed by atoms with Crippen molar-refractivity contribution in [3.63, 3.8) is 0 Å². The van der Waals surface area contributed by atoms with E-state index in [-0.39, 0.29) is 11.7 Å². The van der Waals surface area contributed by atoms with Gasteiger partial charge in [-0.3, -0.25) is 9.69 Å². The van der Waals surface area contributed by atoms with Crippen molar-refractivity contribution in [3.05, 3.63) is 29.6 Å². The summed E-state index contributed by atoms with van der Waals surface area (Å²) in [4.78, 5) is 14.4. The van der Waals surface area contributed by atoms with Crippen LogP contribution in [0.25, 0.3) is 0 Å². The van der Waals surface area contributed by atoms with Crippen LogP contribution in [-0.2, 0) is 4.79 Å². The van der Waals surface area contributed by atoms with Crippen molar-refractivity contribution >= 4 is 11.6 Å². The van der Waals surface area contributed by atoms with Crippen LogP contribution in [-0.4, -0.2) is 42.5 Å². The Morgan fingerprint density at radius 1 is 1.38 bits per heavy atom. The molecule has 21 heavy (non-hydrogen) atoms. The number of anilines is 1. The van der Waals surface area contributed by atoms with E-state index in [2.05, 4.69) is 15.5 Å². The van der Waals surface area contributed by atoms with E-state index >= 15 is 0 Å². The Bertz CT molecular complexity index is 534. The van der Waals surface area contributed by atoms with Crippen LogP contribution in [0.2, 0.25) is 0 Å². The third kappa shape index (κ3) is 3.60. The molecule has 0 aromatic heterocycles. The minimum absolute atomic E-state index is 0.0681. The lowest BCUT2D eigenvalue weighted by Crippen LogP contribution is -2.39. The fourth-order valence-corrected chi connectivity index (χ4v) is 3.28. The first-order chi connectivity index (χ1) is 10.1. The molecular weight excluding hydrogens is 269 g/mol. The van der Waals surface area contributed by atoms with Gasteiger partial charge in [-0.2, -0.15) is 0 Å². The van der Waals surface area contributed by atoms with Crippen LogP contribution in [0.3, 0.4) is 0 Å². The van der Waals surface area contributed by atoms with Gasteiger partial charge in [-0.05, 0) is 43.9 Å². The van der Waals surface area contributed by atoms with Crippen LogP contribution < -0.4 is 10.6 Å². The number of nitrogens with one attached hydrogen (secondary N) is 2. The largest absolute Gasteiger partial charge is 0.325 e. The molecule has 1 amide bonds. The maximum Gasteiger partial charge on any atom is 0.238 e. The monoisotopic (exact) mass is 291 g/mol. The quantitative estimate of drug-likeness (QED) is 0.894. The summed E-state index contributed by atoms with van der Waals surface area (Å²) in [5, 5.41) is 6.42. The summed E-state index contributed by atoms with van der Waals surface area (Å²) >= 11 is 0. The van der Waals surface area contributed by atoms with Crippen molar-refractivity contribution in [2.24, 2.45) is 0 Å². The SMILES string of the molecule is Cc1ccc(F)cc1NC(=O)CN1CCC2CCC(C1)N2. The molecule has 2 heterocycles. The van der Waals surface area contributed by atoms with Crippen molar-refractivity contribution in [1.82, 2.24) is 10.2 Å². The molecule has 0 aliphatic carbocycles. The van der Waals surface area contributed by atoms with Gasteiger partial charge in [0.2, 0.25) is 5.91 Å². The lowest BCUT2D eigenvalue weighted by atomic mass is 10.1. The molecule has 0 saturated carbocycles.